The molecule has 170 valence electrons. The lowest BCUT2D eigenvalue weighted by Gasteiger charge is -2.11. The van der Waals surface area contributed by atoms with Gasteiger partial charge >= 0.3 is 0 Å². The van der Waals surface area contributed by atoms with Crippen LogP contribution < -0.4 is 15.2 Å². The number of benzene rings is 1. The van der Waals surface area contributed by atoms with Crippen LogP contribution in [0.4, 0.5) is 0 Å². The molecule has 32 heavy (non-hydrogen) atoms. The zero-order chi connectivity index (χ0) is 22.2. The Balaban J connectivity index is 1.36. The molecule has 1 saturated carbocycles. The summed E-state index contributed by atoms with van der Waals surface area (Å²) in [5.74, 6) is 3.21. The Morgan fingerprint density at radius 2 is 2.00 bits per heavy atom. The zero-order valence-electron chi connectivity index (χ0n) is 18.8. The van der Waals surface area contributed by atoms with E-state index in [9.17, 15) is 0 Å². The van der Waals surface area contributed by atoms with E-state index in [1.54, 1.807) is 6.20 Å². The van der Waals surface area contributed by atoms with Crippen molar-refractivity contribution in [3.63, 3.8) is 0 Å². The maximum Gasteiger partial charge on any atom is 0.263 e. The first-order valence-corrected chi connectivity index (χ1v) is 11.6. The van der Waals surface area contributed by atoms with Gasteiger partial charge in [-0.3, -0.25) is 0 Å². The highest BCUT2D eigenvalue weighted by Gasteiger charge is 2.19. The van der Waals surface area contributed by atoms with Gasteiger partial charge in [0.15, 0.2) is 5.82 Å². The quantitative estimate of drug-likeness (QED) is 0.441. The normalized spacial score (nSPS) is 14.1. The van der Waals surface area contributed by atoms with E-state index in [-0.39, 0.29) is 0 Å². The molecule has 1 aromatic carbocycles. The number of pyridine rings is 1. The summed E-state index contributed by atoms with van der Waals surface area (Å²) in [6, 6.07) is 10.0. The lowest BCUT2D eigenvalue weighted by Crippen LogP contribution is -2.09. The van der Waals surface area contributed by atoms with Gasteiger partial charge in [0.25, 0.3) is 5.89 Å². The van der Waals surface area contributed by atoms with E-state index in [1.807, 2.05) is 18.2 Å². The largest absolute Gasteiger partial charge is 0.493 e. The molecule has 2 N–H and O–H groups in total. The van der Waals surface area contributed by atoms with Gasteiger partial charge in [0.2, 0.25) is 5.88 Å². The minimum Gasteiger partial charge on any atom is -0.493 e. The molecule has 4 rings (SSSR count). The van der Waals surface area contributed by atoms with Crippen molar-refractivity contribution in [3.8, 4) is 23.1 Å². The topological polar surface area (TPSA) is 96.3 Å². The lowest BCUT2D eigenvalue weighted by atomic mass is 10.1. The minimum atomic E-state index is 0.453. The average molecular weight is 437 g/mol. The predicted molar refractivity (Wildman–Crippen MR) is 123 cm³/mol. The average Bonchev–Trinajstić information content (AvgIpc) is 3.50. The van der Waals surface area contributed by atoms with Crippen LogP contribution in [-0.4, -0.2) is 34.9 Å². The number of hydrogen-bond donors (Lipinski definition) is 1. The van der Waals surface area contributed by atoms with Gasteiger partial charge in [-0.15, -0.1) is 0 Å². The van der Waals surface area contributed by atoms with Crippen molar-refractivity contribution in [3.05, 3.63) is 53.5 Å². The fourth-order valence-corrected chi connectivity index (χ4v) is 4.06. The fraction of sp³-hybridized carbons (Fsp3) is 0.480. The Kier molecular flexibility index (Phi) is 7.72. The Hall–Kier alpha value is -2.93. The van der Waals surface area contributed by atoms with Crippen molar-refractivity contribution in [2.45, 2.75) is 51.9 Å². The number of nitrogens with two attached hydrogens (primary N) is 1. The van der Waals surface area contributed by atoms with Crippen LogP contribution in [0.1, 0.15) is 49.1 Å². The van der Waals surface area contributed by atoms with Gasteiger partial charge in [0.05, 0.1) is 13.2 Å². The van der Waals surface area contributed by atoms with Crippen molar-refractivity contribution < 1.29 is 14.0 Å². The summed E-state index contributed by atoms with van der Waals surface area (Å²) in [6.45, 7) is 4.03. The third-order valence-corrected chi connectivity index (χ3v) is 5.88. The summed E-state index contributed by atoms with van der Waals surface area (Å²) < 4.78 is 17.3. The molecule has 0 unspecified atom stereocenters. The second kappa shape index (κ2) is 11.1. The Labute approximate surface area is 189 Å². The van der Waals surface area contributed by atoms with Gasteiger partial charge in [-0.1, -0.05) is 30.1 Å². The van der Waals surface area contributed by atoms with Crippen LogP contribution in [0.25, 0.3) is 11.5 Å². The highest BCUT2D eigenvalue weighted by molar-refractivity contribution is 5.59. The molecule has 0 atom stereocenters. The predicted octanol–water partition coefficient (Wildman–Crippen LogP) is 4.52. The molecule has 7 heteroatoms. The number of aromatic nitrogens is 3. The summed E-state index contributed by atoms with van der Waals surface area (Å²) in [4.78, 5) is 8.99. The van der Waals surface area contributed by atoms with Gasteiger partial charge in [0.1, 0.15) is 11.3 Å². The number of hydrogen-bond acceptors (Lipinski definition) is 7. The smallest absolute Gasteiger partial charge is 0.263 e. The molecule has 3 aromatic rings. The molecule has 1 fully saturated rings. The molecule has 0 spiro atoms. The van der Waals surface area contributed by atoms with Gasteiger partial charge in [-0.25, -0.2) is 4.98 Å². The van der Waals surface area contributed by atoms with Crippen LogP contribution in [-0.2, 0) is 12.8 Å². The van der Waals surface area contributed by atoms with Crippen LogP contribution in [0.15, 0.2) is 41.1 Å². The molecular weight excluding hydrogens is 404 g/mol. The molecule has 7 nitrogen and oxygen atoms in total. The van der Waals surface area contributed by atoms with E-state index >= 15 is 0 Å². The molecule has 1 aliphatic rings. The maximum atomic E-state index is 6.02. The van der Waals surface area contributed by atoms with Gasteiger partial charge in [-0.05, 0) is 74.4 Å². The summed E-state index contributed by atoms with van der Waals surface area (Å²) >= 11 is 0. The molecule has 0 bridgehead atoms. The highest BCUT2D eigenvalue weighted by atomic mass is 16.5. The van der Waals surface area contributed by atoms with E-state index in [1.165, 1.54) is 31.2 Å². The number of aryl methyl sites for hydroxylation is 3. The number of rotatable bonds is 11. The molecule has 2 aromatic heterocycles. The van der Waals surface area contributed by atoms with Crippen molar-refractivity contribution in [2.75, 3.05) is 19.8 Å². The first-order valence-electron chi connectivity index (χ1n) is 11.6. The van der Waals surface area contributed by atoms with Crippen molar-refractivity contribution in [2.24, 2.45) is 11.7 Å². The molecule has 0 aliphatic heterocycles. The van der Waals surface area contributed by atoms with Crippen LogP contribution in [0.3, 0.4) is 0 Å². The first-order chi connectivity index (χ1) is 15.7. The van der Waals surface area contributed by atoms with Crippen LogP contribution >= 0.6 is 0 Å². The Morgan fingerprint density at radius 3 is 2.81 bits per heavy atom. The number of nitrogens with zero attached hydrogens (tertiary/aromatic N) is 3. The Morgan fingerprint density at radius 1 is 1.12 bits per heavy atom. The monoisotopic (exact) mass is 436 g/mol. The number of ether oxygens (including phenoxy) is 2. The van der Waals surface area contributed by atoms with Crippen molar-refractivity contribution in [1.82, 2.24) is 15.1 Å². The molecule has 0 saturated heterocycles. The summed E-state index contributed by atoms with van der Waals surface area (Å²) in [5, 5.41) is 4.17. The van der Waals surface area contributed by atoms with Crippen LogP contribution in [0.2, 0.25) is 0 Å². The summed E-state index contributed by atoms with van der Waals surface area (Å²) in [6.07, 6.45) is 9.14. The lowest BCUT2D eigenvalue weighted by molar-refractivity contribution is 0.244. The van der Waals surface area contributed by atoms with Crippen molar-refractivity contribution in [1.29, 1.82) is 0 Å². The SMILES string of the molecule is Cc1cc(CCc2noc(-c3cccnc3OCC3CCCC3)n2)ccc1OCCCN. The first kappa shape index (κ1) is 22.3. The Bertz CT molecular complexity index is 998. The van der Waals surface area contributed by atoms with Crippen LogP contribution in [0.5, 0.6) is 11.6 Å². The third kappa shape index (κ3) is 5.85. The van der Waals surface area contributed by atoms with E-state index in [0.29, 0.717) is 49.7 Å². The highest BCUT2D eigenvalue weighted by Crippen LogP contribution is 2.30. The van der Waals surface area contributed by atoms with Gasteiger partial charge in [-0.2, -0.15) is 4.98 Å². The second-order valence-electron chi connectivity index (χ2n) is 8.42. The molecular formula is C25H32N4O3. The molecule has 2 heterocycles. The molecule has 0 amide bonds. The zero-order valence-corrected chi connectivity index (χ0v) is 18.8. The summed E-state index contributed by atoms with van der Waals surface area (Å²) in [5.41, 5.74) is 8.61. The van der Waals surface area contributed by atoms with Crippen molar-refractivity contribution >= 4 is 0 Å². The summed E-state index contributed by atoms with van der Waals surface area (Å²) in [7, 11) is 0. The second-order valence-corrected chi connectivity index (χ2v) is 8.42. The minimum absolute atomic E-state index is 0.453. The van der Waals surface area contributed by atoms with E-state index in [2.05, 4.69) is 34.2 Å². The maximum absolute atomic E-state index is 6.02. The fourth-order valence-electron chi connectivity index (χ4n) is 4.06. The van der Waals surface area contributed by atoms with E-state index in [0.717, 1.165) is 29.7 Å². The van der Waals surface area contributed by atoms with E-state index < -0.39 is 0 Å². The van der Waals surface area contributed by atoms with Gasteiger partial charge < -0.3 is 19.7 Å². The molecule has 0 radical (unpaired) electrons. The third-order valence-electron chi connectivity index (χ3n) is 5.88. The van der Waals surface area contributed by atoms with Gasteiger partial charge in [0, 0.05) is 12.6 Å². The van der Waals surface area contributed by atoms with E-state index in [4.69, 9.17) is 19.7 Å². The molecule has 1 aliphatic carbocycles. The van der Waals surface area contributed by atoms with Crippen LogP contribution in [0, 0.1) is 12.8 Å². The standard InChI is InChI=1S/C25H32N4O3/c1-18-16-19(9-11-22(18)30-15-5-13-26)10-12-23-28-25(32-29-23)21-8-4-14-27-24(21)31-17-20-6-2-3-7-20/h4,8-9,11,14,16,20H,2-3,5-7,10,12-13,15,17,26H2,1H3.